The van der Waals surface area contributed by atoms with Crippen molar-refractivity contribution in [2.24, 2.45) is 0 Å². The van der Waals surface area contributed by atoms with Crippen LogP contribution in [0.2, 0.25) is 0 Å². The topological polar surface area (TPSA) is 61.8 Å². The molecule has 0 unspecified atom stereocenters. The smallest absolute Gasteiger partial charge is 0.244 e. The van der Waals surface area contributed by atoms with Gasteiger partial charge in [0.15, 0.2) is 0 Å². The minimum atomic E-state index is -0.839. The third-order valence-corrected chi connectivity index (χ3v) is 7.16. The number of benzene rings is 1. The number of amides is 1. The van der Waals surface area contributed by atoms with E-state index in [2.05, 4.69) is 29.4 Å². The van der Waals surface area contributed by atoms with Crippen molar-refractivity contribution in [3.63, 3.8) is 0 Å². The summed E-state index contributed by atoms with van der Waals surface area (Å²) in [6, 6.07) is 6.42. The van der Waals surface area contributed by atoms with Crippen LogP contribution in [0.1, 0.15) is 30.4 Å². The van der Waals surface area contributed by atoms with Gasteiger partial charge in [-0.15, -0.1) is 0 Å². The highest BCUT2D eigenvalue weighted by Gasteiger charge is 2.65. The molecule has 2 aliphatic heterocycles. The minimum absolute atomic E-state index is 0.0209. The van der Waals surface area contributed by atoms with Crippen LogP contribution >= 0.6 is 0 Å². The largest absolute Gasteiger partial charge is 0.497 e. The minimum Gasteiger partial charge on any atom is -0.497 e. The van der Waals surface area contributed by atoms with Gasteiger partial charge in [0, 0.05) is 24.0 Å². The molecule has 4 atom stereocenters. The third-order valence-electron chi connectivity index (χ3n) is 7.16. The van der Waals surface area contributed by atoms with Crippen molar-refractivity contribution in [1.29, 1.82) is 0 Å². The van der Waals surface area contributed by atoms with Gasteiger partial charge in [0.25, 0.3) is 0 Å². The average Bonchev–Trinajstić information content (AvgIpc) is 2.93. The van der Waals surface area contributed by atoms with Gasteiger partial charge in [-0.25, -0.2) is 0 Å². The zero-order valence-corrected chi connectivity index (χ0v) is 14.7. The van der Waals surface area contributed by atoms with E-state index >= 15 is 0 Å². The summed E-state index contributed by atoms with van der Waals surface area (Å²) in [5.74, 6) is 0.817. The van der Waals surface area contributed by atoms with Crippen LogP contribution in [-0.2, 0) is 16.6 Å². The first-order valence-corrected chi connectivity index (χ1v) is 9.08. The Morgan fingerprint density at radius 3 is 3.04 bits per heavy atom. The first-order valence-electron chi connectivity index (χ1n) is 9.08. The average molecular weight is 340 g/mol. The van der Waals surface area contributed by atoms with Crippen LogP contribution in [0.3, 0.4) is 0 Å². The van der Waals surface area contributed by atoms with Gasteiger partial charge in [-0.05, 0) is 61.7 Å². The molecule has 4 aliphatic rings. The molecule has 1 aromatic rings. The van der Waals surface area contributed by atoms with Gasteiger partial charge in [0.05, 0.1) is 18.8 Å². The van der Waals surface area contributed by atoms with E-state index in [9.17, 15) is 9.90 Å². The van der Waals surface area contributed by atoms with Crippen molar-refractivity contribution < 1.29 is 14.6 Å². The Bertz CT molecular complexity index is 804. The number of ether oxygens (including phenoxy) is 1. The first-order chi connectivity index (χ1) is 12.0. The molecule has 2 heterocycles. The van der Waals surface area contributed by atoms with Crippen LogP contribution in [0, 0.1) is 0 Å². The Labute approximate surface area is 147 Å². The van der Waals surface area contributed by atoms with E-state index in [1.165, 1.54) is 11.1 Å². The van der Waals surface area contributed by atoms with Crippen molar-refractivity contribution in [1.82, 2.24) is 10.2 Å². The molecule has 2 bridgehead atoms. The molecule has 0 aromatic heterocycles. The summed E-state index contributed by atoms with van der Waals surface area (Å²) in [6.07, 6.45) is 4.78. The number of nitrogens with zero attached hydrogens (tertiary/aromatic N) is 1. The number of likely N-dealkylation sites (tertiary alicyclic amines) is 1. The van der Waals surface area contributed by atoms with E-state index in [1.54, 1.807) is 13.2 Å². The lowest BCUT2D eigenvalue weighted by atomic mass is 9.48. The molecule has 1 aromatic carbocycles. The third kappa shape index (κ3) is 1.83. The van der Waals surface area contributed by atoms with E-state index in [-0.39, 0.29) is 23.4 Å². The maximum Gasteiger partial charge on any atom is 0.244 e. The first kappa shape index (κ1) is 15.4. The maximum atomic E-state index is 12.0. The quantitative estimate of drug-likeness (QED) is 0.805. The molecule has 5 heteroatoms. The van der Waals surface area contributed by atoms with Gasteiger partial charge < -0.3 is 20.1 Å². The van der Waals surface area contributed by atoms with Crippen molar-refractivity contribution in [2.45, 2.75) is 48.8 Å². The zero-order valence-electron chi connectivity index (χ0n) is 14.7. The predicted octanol–water partition coefficient (Wildman–Crippen LogP) is 1.14. The second-order valence-corrected chi connectivity index (χ2v) is 8.14. The van der Waals surface area contributed by atoms with Gasteiger partial charge in [0.2, 0.25) is 5.91 Å². The molecular formula is C20H24N2O3. The van der Waals surface area contributed by atoms with E-state index in [1.807, 2.05) is 6.07 Å². The predicted molar refractivity (Wildman–Crippen MR) is 93.6 cm³/mol. The number of rotatable bonds is 1. The Balaban J connectivity index is 1.73. The molecule has 25 heavy (non-hydrogen) atoms. The fourth-order valence-corrected chi connectivity index (χ4v) is 5.90. The SMILES string of the molecule is COc1ccc2c(c1)[C@]13CCN(C)[C@H](C2)[C@]1(O)CC1=CC(=O)N[C@H]1C3. The van der Waals surface area contributed by atoms with Crippen LogP contribution in [0.5, 0.6) is 5.75 Å². The molecule has 1 saturated carbocycles. The Morgan fingerprint density at radius 1 is 1.40 bits per heavy atom. The molecule has 0 spiro atoms. The van der Waals surface area contributed by atoms with Crippen molar-refractivity contribution >= 4 is 5.91 Å². The Hall–Kier alpha value is -1.85. The molecule has 132 valence electrons. The number of likely N-dealkylation sites (N-methyl/N-ethyl adjacent to an activating group) is 1. The van der Waals surface area contributed by atoms with Crippen LogP contribution in [0.4, 0.5) is 0 Å². The Morgan fingerprint density at radius 2 is 2.24 bits per heavy atom. The number of hydrogen-bond acceptors (Lipinski definition) is 4. The number of aliphatic hydroxyl groups is 1. The van der Waals surface area contributed by atoms with Crippen LogP contribution in [-0.4, -0.2) is 54.3 Å². The lowest BCUT2D eigenvalue weighted by molar-refractivity contribution is -0.153. The maximum absolute atomic E-state index is 12.0. The zero-order chi connectivity index (χ0) is 17.4. The normalized spacial score (nSPS) is 39.0. The summed E-state index contributed by atoms with van der Waals surface area (Å²) in [5, 5.41) is 15.1. The number of piperidine rings is 1. The summed E-state index contributed by atoms with van der Waals surface area (Å²) < 4.78 is 5.48. The number of carbonyl (C=O) groups excluding carboxylic acids is 1. The summed E-state index contributed by atoms with van der Waals surface area (Å²) >= 11 is 0. The lowest BCUT2D eigenvalue weighted by Gasteiger charge is -2.64. The van der Waals surface area contributed by atoms with E-state index in [4.69, 9.17) is 4.74 Å². The van der Waals surface area contributed by atoms with Crippen molar-refractivity contribution in [2.75, 3.05) is 20.7 Å². The van der Waals surface area contributed by atoms with Crippen LogP contribution < -0.4 is 10.1 Å². The molecule has 5 rings (SSSR count). The van der Waals surface area contributed by atoms with E-state index < -0.39 is 5.60 Å². The molecule has 1 saturated heterocycles. The van der Waals surface area contributed by atoms with E-state index in [0.717, 1.165) is 37.1 Å². The second-order valence-electron chi connectivity index (χ2n) is 8.14. The van der Waals surface area contributed by atoms with Crippen LogP contribution in [0.15, 0.2) is 29.8 Å². The molecule has 0 radical (unpaired) electrons. The second kappa shape index (κ2) is 4.86. The monoisotopic (exact) mass is 340 g/mol. The molecule has 1 amide bonds. The molecule has 2 aliphatic carbocycles. The molecule has 5 nitrogen and oxygen atoms in total. The van der Waals surface area contributed by atoms with E-state index in [0.29, 0.717) is 6.42 Å². The van der Waals surface area contributed by atoms with Gasteiger partial charge in [-0.3, -0.25) is 4.79 Å². The highest BCUT2D eigenvalue weighted by Crippen LogP contribution is 2.59. The Kier molecular flexibility index (Phi) is 3.00. The summed E-state index contributed by atoms with van der Waals surface area (Å²) in [7, 11) is 3.80. The van der Waals surface area contributed by atoms with Gasteiger partial charge in [0.1, 0.15) is 5.75 Å². The number of methoxy groups -OCH3 is 1. The fourth-order valence-electron chi connectivity index (χ4n) is 5.90. The molecule has 2 N–H and O–H groups in total. The van der Waals surface area contributed by atoms with Gasteiger partial charge >= 0.3 is 0 Å². The van der Waals surface area contributed by atoms with Crippen molar-refractivity contribution in [3.05, 3.63) is 41.0 Å². The van der Waals surface area contributed by atoms with Crippen molar-refractivity contribution in [3.8, 4) is 5.75 Å². The number of fused-ring (bicyclic) bond motifs is 2. The molecule has 2 fully saturated rings. The highest BCUT2D eigenvalue weighted by molar-refractivity contribution is 5.92. The summed E-state index contributed by atoms with van der Waals surface area (Å²) in [5.41, 5.74) is 2.42. The van der Waals surface area contributed by atoms with Crippen LogP contribution in [0.25, 0.3) is 0 Å². The summed E-state index contributed by atoms with van der Waals surface area (Å²) in [4.78, 5) is 14.2. The fraction of sp³-hybridized carbons (Fsp3) is 0.550. The highest BCUT2D eigenvalue weighted by atomic mass is 16.5. The van der Waals surface area contributed by atoms with Gasteiger partial charge in [-0.1, -0.05) is 6.07 Å². The number of hydrogen-bond donors (Lipinski definition) is 2. The summed E-state index contributed by atoms with van der Waals surface area (Å²) in [6.45, 7) is 0.962. The standard InChI is InChI=1S/C20H24N2O3/c1-22-6-5-19-11-16-13(8-18(23)21-16)10-20(19,24)17(22)7-12-3-4-14(25-2)9-15(12)19/h3-4,8-9,16-17,24H,5-7,10-11H2,1-2H3,(H,21,23)/t16-,17+,19+,20+/m0/s1. The lowest BCUT2D eigenvalue weighted by Crippen LogP contribution is -2.73. The molecular weight excluding hydrogens is 316 g/mol. The number of carbonyl (C=O) groups is 1. The number of nitrogens with one attached hydrogen (secondary N) is 1. The van der Waals surface area contributed by atoms with Gasteiger partial charge in [-0.2, -0.15) is 0 Å².